The predicted octanol–water partition coefficient (Wildman–Crippen LogP) is 2.90. The number of carbonyl (C=O) groups excluding carboxylic acids is 1. The Hall–Kier alpha value is -3.47. The molecule has 1 aliphatic heterocycles. The minimum absolute atomic E-state index is 0.0897. The minimum atomic E-state index is -0.758. The molecule has 0 saturated carbocycles. The van der Waals surface area contributed by atoms with E-state index in [1.165, 1.54) is 0 Å². The van der Waals surface area contributed by atoms with Gasteiger partial charge in [0.2, 0.25) is 0 Å². The van der Waals surface area contributed by atoms with Gasteiger partial charge in [0.1, 0.15) is 23.3 Å². The maximum atomic E-state index is 12.5. The van der Waals surface area contributed by atoms with Crippen LogP contribution in [0.1, 0.15) is 25.3 Å². The molecular formula is C19H16N4O2. The average Bonchev–Trinajstić information content (AvgIpc) is 2.63. The quantitative estimate of drug-likeness (QED) is 0.519. The highest BCUT2D eigenvalue weighted by atomic mass is 16.5. The largest absolute Gasteiger partial charge is 0.465 e. The molecule has 6 nitrogen and oxygen atoms in total. The number of benzene rings is 1. The third-order valence-corrected chi connectivity index (χ3v) is 3.93. The molecule has 2 rings (SSSR count). The van der Waals surface area contributed by atoms with Crippen molar-refractivity contribution in [2.45, 2.75) is 19.8 Å². The molecule has 124 valence electrons. The van der Waals surface area contributed by atoms with E-state index in [2.05, 4.69) is 11.1 Å². The second-order valence-corrected chi connectivity index (χ2v) is 5.36. The van der Waals surface area contributed by atoms with E-state index in [-0.39, 0.29) is 23.5 Å². The number of nitrogens with one attached hydrogen (secondary N) is 1. The predicted molar refractivity (Wildman–Crippen MR) is 91.9 cm³/mol. The molecule has 1 aliphatic rings. The van der Waals surface area contributed by atoms with Gasteiger partial charge in [-0.1, -0.05) is 30.3 Å². The molecule has 0 spiro atoms. The lowest BCUT2D eigenvalue weighted by Crippen LogP contribution is -2.34. The van der Waals surface area contributed by atoms with Gasteiger partial charge in [0, 0.05) is 11.6 Å². The molecule has 1 heterocycles. The van der Waals surface area contributed by atoms with Gasteiger partial charge in [0.25, 0.3) is 0 Å². The molecule has 0 saturated heterocycles. The van der Waals surface area contributed by atoms with Gasteiger partial charge in [-0.25, -0.2) is 0 Å². The van der Waals surface area contributed by atoms with Crippen molar-refractivity contribution in [3.8, 4) is 12.1 Å². The van der Waals surface area contributed by atoms with Gasteiger partial charge in [-0.2, -0.15) is 10.5 Å². The third kappa shape index (κ3) is 3.40. The number of hydrogen-bond acceptors (Lipinski definition) is 6. The van der Waals surface area contributed by atoms with Crippen LogP contribution < -0.4 is 0 Å². The first-order chi connectivity index (χ1) is 12.1. The standard InChI is InChI=1S/C19H16N4O2/c1-3-25-19(24)16-12(2)23-18(14(9-20)10-21)15(11-22)17(16)13-7-5-4-6-8-13/h4-8,16-17,20H,3H2,1-2H3/t16?,17-/m0/s1. The highest BCUT2D eigenvalue weighted by Gasteiger charge is 2.40. The number of rotatable bonds is 4. The Morgan fingerprint density at radius 2 is 2.00 bits per heavy atom. The van der Waals surface area contributed by atoms with E-state index in [4.69, 9.17) is 10.1 Å². The molecule has 1 N–H and O–H groups in total. The summed E-state index contributed by atoms with van der Waals surface area (Å²) in [6.45, 7) is 3.58. The van der Waals surface area contributed by atoms with Gasteiger partial charge in [-0.15, -0.1) is 0 Å². The van der Waals surface area contributed by atoms with Crippen molar-refractivity contribution in [2.75, 3.05) is 6.61 Å². The van der Waals surface area contributed by atoms with Crippen molar-refractivity contribution in [2.24, 2.45) is 10.9 Å². The van der Waals surface area contributed by atoms with Crippen LogP contribution >= 0.6 is 0 Å². The monoisotopic (exact) mass is 332 g/mol. The SMILES string of the molecule is CCOC(=O)C1C(C)=NC(C(=C=N)C#N)=C(C#N)[C@@H]1c1ccccc1. The number of ether oxygens (including phenoxy) is 1. The summed E-state index contributed by atoms with van der Waals surface area (Å²) in [5.41, 5.74) is 1.28. The van der Waals surface area contributed by atoms with Crippen LogP contribution in [0.5, 0.6) is 0 Å². The number of nitriles is 2. The summed E-state index contributed by atoms with van der Waals surface area (Å²) in [5.74, 6) is 0.162. The number of carbonyl (C=O) groups is 1. The lowest BCUT2D eigenvalue weighted by atomic mass is 9.75. The van der Waals surface area contributed by atoms with Crippen molar-refractivity contribution in [1.82, 2.24) is 0 Å². The average molecular weight is 332 g/mol. The Morgan fingerprint density at radius 1 is 1.32 bits per heavy atom. The number of esters is 1. The van der Waals surface area contributed by atoms with E-state index in [0.29, 0.717) is 5.71 Å². The van der Waals surface area contributed by atoms with Crippen LogP contribution in [0.4, 0.5) is 0 Å². The van der Waals surface area contributed by atoms with Crippen molar-refractivity contribution < 1.29 is 9.53 Å². The normalized spacial score (nSPS) is 19.1. The minimum Gasteiger partial charge on any atom is -0.465 e. The second-order valence-electron chi connectivity index (χ2n) is 5.36. The summed E-state index contributed by atoms with van der Waals surface area (Å²) < 4.78 is 5.17. The highest BCUT2D eigenvalue weighted by molar-refractivity contribution is 6.04. The molecule has 0 fully saturated rings. The molecule has 0 radical (unpaired) electrons. The molecule has 0 bridgehead atoms. The van der Waals surface area contributed by atoms with Gasteiger partial charge < -0.3 is 4.74 Å². The van der Waals surface area contributed by atoms with Gasteiger partial charge in [0.15, 0.2) is 0 Å². The number of aliphatic imine (C=N–C) groups is 1. The first-order valence-corrected chi connectivity index (χ1v) is 7.70. The van der Waals surface area contributed by atoms with Gasteiger partial charge in [-0.05, 0) is 25.3 Å². The number of allylic oxidation sites excluding steroid dienone is 2. The molecule has 2 atom stereocenters. The lowest BCUT2D eigenvalue weighted by Gasteiger charge is -2.30. The molecule has 1 aromatic carbocycles. The van der Waals surface area contributed by atoms with Gasteiger partial charge in [-0.3, -0.25) is 15.2 Å². The molecule has 1 unspecified atom stereocenters. The molecule has 0 aromatic heterocycles. The van der Waals surface area contributed by atoms with E-state index < -0.39 is 17.8 Å². The summed E-state index contributed by atoms with van der Waals surface area (Å²) in [6, 6.07) is 13.0. The van der Waals surface area contributed by atoms with E-state index in [9.17, 15) is 15.3 Å². The van der Waals surface area contributed by atoms with Crippen LogP contribution in [0, 0.1) is 34.0 Å². The zero-order valence-corrected chi connectivity index (χ0v) is 13.9. The maximum Gasteiger partial charge on any atom is 0.315 e. The Labute approximate surface area is 145 Å². The molecular weight excluding hydrogens is 316 g/mol. The van der Waals surface area contributed by atoms with E-state index in [0.717, 1.165) is 5.56 Å². The fraction of sp³-hybridized carbons (Fsp3) is 0.263. The van der Waals surface area contributed by atoms with Crippen LogP contribution in [-0.2, 0) is 9.53 Å². The van der Waals surface area contributed by atoms with Gasteiger partial charge in [0.05, 0.1) is 18.2 Å². The van der Waals surface area contributed by atoms with Crippen LogP contribution in [0.3, 0.4) is 0 Å². The van der Waals surface area contributed by atoms with Crippen LogP contribution in [0.25, 0.3) is 0 Å². The number of nitrogens with zero attached hydrogens (tertiary/aromatic N) is 3. The first-order valence-electron chi connectivity index (χ1n) is 7.70. The lowest BCUT2D eigenvalue weighted by molar-refractivity contribution is -0.146. The smallest absolute Gasteiger partial charge is 0.315 e. The summed E-state index contributed by atoms with van der Waals surface area (Å²) in [4.78, 5) is 16.8. The summed E-state index contributed by atoms with van der Waals surface area (Å²) in [7, 11) is 0. The fourth-order valence-electron chi connectivity index (χ4n) is 2.87. The molecule has 6 heteroatoms. The molecule has 0 amide bonds. The Balaban J connectivity index is 2.74. The van der Waals surface area contributed by atoms with Crippen LogP contribution in [0.15, 0.2) is 52.2 Å². The van der Waals surface area contributed by atoms with Crippen molar-refractivity contribution >= 4 is 17.6 Å². The zero-order valence-electron chi connectivity index (χ0n) is 13.9. The summed E-state index contributed by atoms with van der Waals surface area (Å²) in [6.07, 6.45) is 0. The topological polar surface area (TPSA) is 110 Å². The van der Waals surface area contributed by atoms with Crippen molar-refractivity contribution in [3.05, 3.63) is 52.7 Å². The Bertz CT molecular complexity index is 878. The first kappa shape index (κ1) is 17.9. The third-order valence-electron chi connectivity index (χ3n) is 3.93. The Morgan fingerprint density at radius 3 is 2.52 bits per heavy atom. The van der Waals surface area contributed by atoms with Gasteiger partial charge >= 0.3 is 5.97 Å². The summed E-state index contributed by atoms with van der Waals surface area (Å²) in [5, 5.41) is 26.2. The van der Waals surface area contributed by atoms with Crippen LogP contribution in [-0.4, -0.2) is 24.2 Å². The Kier molecular flexibility index (Phi) is 5.63. The highest BCUT2D eigenvalue weighted by Crippen LogP contribution is 2.40. The fourth-order valence-corrected chi connectivity index (χ4v) is 2.87. The van der Waals surface area contributed by atoms with E-state index >= 15 is 0 Å². The van der Waals surface area contributed by atoms with Crippen molar-refractivity contribution in [1.29, 1.82) is 15.9 Å². The summed E-state index contributed by atoms with van der Waals surface area (Å²) >= 11 is 0. The molecule has 1 aromatic rings. The van der Waals surface area contributed by atoms with Crippen molar-refractivity contribution in [3.63, 3.8) is 0 Å². The molecule has 25 heavy (non-hydrogen) atoms. The maximum absolute atomic E-state index is 12.5. The van der Waals surface area contributed by atoms with Crippen LogP contribution in [0.2, 0.25) is 0 Å². The van der Waals surface area contributed by atoms with E-state index in [1.54, 1.807) is 13.8 Å². The zero-order chi connectivity index (χ0) is 18.4. The number of hydrogen-bond donors (Lipinski definition) is 1. The second kappa shape index (κ2) is 7.88. The van der Waals surface area contributed by atoms with E-state index in [1.807, 2.05) is 42.3 Å². The molecule has 0 aliphatic carbocycles.